The number of fused-ring (bicyclic) bond motifs is 1. The monoisotopic (exact) mass is 399 g/mol. The maximum atomic E-state index is 4.51. The van der Waals surface area contributed by atoms with Crippen molar-refractivity contribution in [2.24, 2.45) is 0 Å². The van der Waals surface area contributed by atoms with Gasteiger partial charge in [0.25, 0.3) is 0 Å². The standard InChI is InChI=1S/C19H22BrN5/c1-15(16-3-2-6-21-11-16)24-9-7-23(8-10-24)14-18-12-22-19-5-4-17(20)13-25(18)19/h2-6,11-13,15H,7-10,14H2,1H3. The Bertz CT molecular complexity index is 839. The summed E-state index contributed by atoms with van der Waals surface area (Å²) in [6.45, 7) is 7.52. The SMILES string of the molecule is CC(c1cccnc1)N1CCN(Cc2cnc3ccc(Br)cn23)CC1. The first-order chi connectivity index (χ1) is 12.2. The number of imidazole rings is 1. The molecule has 6 heteroatoms. The van der Waals surface area contributed by atoms with E-state index in [1.54, 1.807) is 0 Å². The zero-order valence-electron chi connectivity index (χ0n) is 14.3. The molecule has 1 fully saturated rings. The third-order valence-corrected chi connectivity index (χ3v) is 5.52. The average molecular weight is 400 g/mol. The predicted octanol–water partition coefficient (Wildman–Crippen LogP) is 3.37. The topological polar surface area (TPSA) is 36.7 Å². The number of pyridine rings is 2. The van der Waals surface area contributed by atoms with Crippen LogP contribution >= 0.6 is 15.9 Å². The van der Waals surface area contributed by atoms with E-state index in [2.05, 4.69) is 59.3 Å². The first-order valence-corrected chi connectivity index (χ1v) is 9.48. The lowest BCUT2D eigenvalue weighted by molar-refractivity contribution is 0.0968. The Morgan fingerprint density at radius 1 is 1.12 bits per heavy atom. The molecule has 5 nitrogen and oxygen atoms in total. The molecule has 0 N–H and O–H groups in total. The Hall–Kier alpha value is -1.76. The van der Waals surface area contributed by atoms with Gasteiger partial charge in [-0.15, -0.1) is 0 Å². The molecule has 1 saturated heterocycles. The molecule has 0 saturated carbocycles. The Morgan fingerprint density at radius 2 is 1.96 bits per heavy atom. The van der Waals surface area contributed by atoms with Gasteiger partial charge in [-0.2, -0.15) is 0 Å². The molecule has 130 valence electrons. The lowest BCUT2D eigenvalue weighted by Crippen LogP contribution is -2.46. The molecule has 0 amide bonds. The van der Waals surface area contributed by atoms with Gasteiger partial charge in [0.1, 0.15) is 5.65 Å². The van der Waals surface area contributed by atoms with E-state index in [-0.39, 0.29) is 0 Å². The van der Waals surface area contributed by atoms with Crippen molar-refractivity contribution in [2.45, 2.75) is 19.5 Å². The molecule has 3 aromatic heterocycles. The summed E-state index contributed by atoms with van der Waals surface area (Å²) in [5.41, 5.74) is 3.54. The molecule has 4 rings (SSSR count). The number of hydrogen-bond donors (Lipinski definition) is 0. The fourth-order valence-corrected chi connectivity index (χ4v) is 3.83. The summed E-state index contributed by atoms with van der Waals surface area (Å²) < 4.78 is 3.25. The molecule has 0 spiro atoms. The van der Waals surface area contributed by atoms with Crippen LogP contribution in [0.25, 0.3) is 5.65 Å². The summed E-state index contributed by atoms with van der Waals surface area (Å²) in [5, 5.41) is 0. The number of nitrogens with zero attached hydrogens (tertiary/aromatic N) is 5. The van der Waals surface area contributed by atoms with Crippen LogP contribution in [-0.4, -0.2) is 50.3 Å². The Balaban J connectivity index is 1.39. The van der Waals surface area contributed by atoms with Crippen LogP contribution < -0.4 is 0 Å². The van der Waals surface area contributed by atoms with Crippen molar-refractivity contribution in [1.82, 2.24) is 24.2 Å². The van der Waals surface area contributed by atoms with Gasteiger partial charge < -0.3 is 4.40 Å². The van der Waals surface area contributed by atoms with Crippen LogP contribution in [0.3, 0.4) is 0 Å². The molecule has 1 aliphatic rings. The van der Waals surface area contributed by atoms with Crippen LogP contribution in [0.5, 0.6) is 0 Å². The van der Waals surface area contributed by atoms with Gasteiger partial charge >= 0.3 is 0 Å². The summed E-state index contributed by atoms with van der Waals surface area (Å²) in [7, 11) is 0. The molecule has 1 atom stereocenters. The molecule has 0 radical (unpaired) electrons. The molecule has 0 bridgehead atoms. The maximum absolute atomic E-state index is 4.51. The van der Waals surface area contributed by atoms with Crippen molar-refractivity contribution in [3.8, 4) is 0 Å². The highest BCUT2D eigenvalue weighted by atomic mass is 79.9. The summed E-state index contributed by atoms with van der Waals surface area (Å²) in [6, 6.07) is 8.68. The second kappa shape index (κ2) is 7.23. The van der Waals surface area contributed by atoms with Crippen molar-refractivity contribution in [3.63, 3.8) is 0 Å². The molecule has 1 unspecified atom stereocenters. The van der Waals surface area contributed by atoms with Crippen LogP contribution in [0.1, 0.15) is 24.2 Å². The van der Waals surface area contributed by atoms with E-state index in [0.717, 1.165) is 42.8 Å². The number of hydrogen-bond acceptors (Lipinski definition) is 4. The van der Waals surface area contributed by atoms with Gasteiger partial charge in [-0.3, -0.25) is 14.8 Å². The maximum Gasteiger partial charge on any atom is 0.136 e. The van der Waals surface area contributed by atoms with Gasteiger partial charge in [0.05, 0.1) is 11.9 Å². The minimum Gasteiger partial charge on any atom is -0.302 e. The number of aromatic nitrogens is 3. The Labute approximate surface area is 156 Å². The first kappa shape index (κ1) is 16.7. The smallest absolute Gasteiger partial charge is 0.136 e. The van der Waals surface area contributed by atoms with Crippen LogP contribution in [0.2, 0.25) is 0 Å². The number of halogens is 1. The minimum atomic E-state index is 0.419. The van der Waals surface area contributed by atoms with Gasteiger partial charge in [-0.1, -0.05) is 6.07 Å². The van der Waals surface area contributed by atoms with Crippen molar-refractivity contribution in [3.05, 3.63) is 64.8 Å². The molecule has 3 aromatic rings. The van der Waals surface area contributed by atoms with Gasteiger partial charge in [0.2, 0.25) is 0 Å². The second-order valence-corrected chi connectivity index (χ2v) is 7.52. The van der Waals surface area contributed by atoms with Gasteiger partial charge in [0.15, 0.2) is 0 Å². The Morgan fingerprint density at radius 3 is 2.72 bits per heavy atom. The summed E-state index contributed by atoms with van der Waals surface area (Å²) in [4.78, 5) is 13.8. The summed E-state index contributed by atoms with van der Waals surface area (Å²) in [6.07, 6.45) is 7.90. The van der Waals surface area contributed by atoms with E-state index < -0.39 is 0 Å². The third kappa shape index (κ3) is 3.61. The van der Waals surface area contributed by atoms with E-state index >= 15 is 0 Å². The van der Waals surface area contributed by atoms with Crippen LogP contribution in [0, 0.1) is 0 Å². The van der Waals surface area contributed by atoms with Crippen LogP contribution in [0.15, 0.2) is 53.5 Å². The summed E-state index contributed by atoms with van der Waals surface area (Å²) in [5.74, 6) is 0. The van der Waals surface area contributed by atoms with Crippen molar-refractivity contribution in [2.75, 3.05) is 26.2 Å². The first-order valence-electron chi connectivity index (χ1n) is 8.68. The minimum absolute atomic E-state index is 0.419. The van der Waals surface area contributed by atoms with E-state index in [4.69, 9.17) is 0 Å². The van der Waals surface area contributed by atoms with E-state index in [1.165, 1.54) is 11.3 Å². The van der Waals surface area contributed by atoms with Crippen molar-refractivity contribution < 1.29 is 0 Å². The molecule has 1 aliphatic heterocycles. The molecular formula is C19H22BrN5. The van der Waals surface area contributed by atoms with Crippen molar-refractivity contribution in [1.29, 1.82) is 0 Å². The fourth-order valence-electron chi connectivity index (χ4n) is 3.49. The fraction of sp³-hybridized carbons (Fsp3) is 0.368. The third-order valence-electron chi connectivity index (χ3n) is 5.05. The summed E-state index contributed by atoms with van der Waals surface area (Å²) >= 11 is 3.55. The molecule has 0 aromatic carbocycles. The van der Waals surface area contributed by atoms with Gasteiger partial charge in [0, 0.05) is 61.8 Å². The lowest BCUT2D eigenvalue weighted by atomic mass is 10.1. The number of rotatable bonds is 4. The number of piperazine rings is 1. The van der Waals surface area contributed by atoms with E-state index in [1.807, 2.05) is 36.8 Å². The molecule has 25 heavy (non-hydrogen) atoms. The normalized spacial score (nSPS) is 17.8. The highest BCUT2D eigenvalue weighted by Crippen LogP contribution is 2.21. The van der Waals surface area contributed by atoms with Crippen LogP contribution in [0.4, 0.5) is 0 Å². The highest BCUT2D eigenvalue weighted by molar-refractivity contribution is 9.10. The highest BCUT2D eigenvalue weighted by Gasteiger charge is 2.22. The zero-order valence-corrected chi connectivity index (χ0v) is 15.9. The van der Waals surface area contributed by atoms with E-state index in [0.29, 0.717) is 6.04 Å². The van der Waals surface area contributed by atoms with Crippen molar-refractivity contribution >= 4 is 21.6 Å². The average Bonchev–Trinajstić information content (AvgIpc) is 3.04. The van der Waals surface area contributed by atoms with Crippen LogP contribution in [-0.2, 0) is 6.54 Å². The quantitative estimate of drug-likeness (QED) is 0.673. The molecule has 4 heterocycles. The second-order valence-electron chi connectivity index (χ2n) is 6.60. The zero-order chi connectivity index (χ0) is 17.2. The lowest BCUT2D eigenvalue weighted by Gasteiger charge is -2.38. The van der Waals surface area contributed by atoms with E-state index in [9.17, 15) is 0 Å². The molecule has 0 aliphatic carbocycles. The van der Waals surface area contributed by atoms with Gasteiger partial charge in [-0.05, 0) is 46.6 Å². The van der Waals surface area contributed by atoms with Gasteiger partial charge in [-0.25, -0.2) is 4.98 Å². The largest absolute Gasteiger partial charge is 0.302 e. The molecular weight excluding hydrogens is 378 g/mol. The Kier molecular flexibility index (Phi) is 4.83. The predicted molar refractivity (Wildman–Crippen MR) is 102 cm³/mol.